The maximum atomic E-state index is 13.8. The molecule has 0 aliphatic heterocycles. The van der Waals surface area contributed by atoms with Crippen LogP contribution in [-0.2, 0) is 0 Å². The van der Waals surface area contributed by atoms with E-state index in [1.165, 1.54) is 6.07 Å². The molecule has 0 radical (unpaired) electrons. The first kappa shape index (κ1) is 16.5. The highest BCUT2D eigenvalue weighted by Crippen LogP contribution is 2.29. The topological polar surface area (TPSA) is 42.5 Å². The number of nitrogens with one attached hydrogen (secondary N) is 2. The van der Waals surface area contributed by atoms with Gasteiger partial charge in [-0.3, -0.25) is 0 Å². The van der Waals surface area contributed by atoms with Crippen molar-refractivity contribution in [1.82, 2.24) is 0 Å². The lowest BCUT2D eigenvalue weighted by Crippen LogP contribution is -2.20. The third-order valence-electron chi connectivity index (χ3n) is 2.84. The molecule has 2 N–H and O–H groups in total. The van der Waals surface area contributed by atoms with Gasteiger partial charge in [0.05, 0.1) is 25.6 Å². The van der Waals surface area contributed by atoms with Crippen molar-refractivity contribution >= 4 is 44.6 Å². The number of rotatable bonds is 4. The SMILES string of the molecule is COc1ccc(NC(=S)Nc2ccc(Br)cc2F)c(OC)c1. The van der Waals surface area contributed by atoms with E-state index in [1.807, 2.05) is 0 Å². The smallest absolute Gasteiger partial charge is 0.175 e. The fourth-order valence-corrected chi connectivity index (χ4v) is 2.32. The molecule has 0 saturated heterocycles. The fraction of sp³-hybridized carbons (Fsp3) is 0.133. The average molecular weight is 385 g/mol. The predicted octanol–water partition coefficient (Wildman–Crippen LogP) is 4.41. The summed E-state index contributed by atoms with van der Waals surface area (Å²) in [6.07, 6.45) is 0. The summed E-state index contributed by atoms with van der Waals surface area (Å²) in [6.45, 7) is 0. The Morgan fingerprint density at radius 2 is 1.73 bits per heavy atom. The molecule has 7 heteroatoms. The Morgan fingerprint density at radius 1 is 1.05 bits per heavy atom. The van der Waals surface area contributed by atoms with E-state index in [-0.39, 0.29) is 10.8 Å². The van der Waals surface area contributed by atoms with Gasteiger partial charge in [0.1, 0.15) is 17.3 Å². The van der Waals surface area contributed by atoms with Gasteiger partial charge in [0.15, 0.2) is 5.11 Å². The van der Waals surface area contributed by atoms with E-state index >= 15 is 0 Å². The van der Waals surface area contributed by atoms with Crippen molar-refractivity contribution in [3.05, 3.63) is 46.7 Å². The van der Waals surface area contributed by atoms with Crippen molar-refractivity contribution in [2.75, 3.05) is 24.9 Å². The number of thiocarbonyl (C=S) groups is 1. The minimum Gasteiger partial charge on any atom is -0.497 e. The zero-order valence-corrected chi connectivity index (χ0v) is 14.3. The summed E-state index contributed by atoms with van der Waals surface area (Å²) in [5, 5.41) is 6.02. The van der Waals surface area contributed by atoms with Crippen LogP contribution in [0.3, 0.4) is 0 Å². The number of benzene rings is 2. The van der Waals surface area contributed by atoms with Crippen LogP contribution in [0.1, 0.15) is 0 Å². The van der Waals surface area contributed by atoms with E-state index in [1.54, 1.807) is 44.6 Å². The van der Waals surface area contributed by atoms with E-state index in [0.717, 1.165) is 0 Å². The number of ether oxygens (including phenoxy) is 2. The lowest BCUT2D eigenvalue weighted by molar-refractivity contribution is 0.395. The summed E-state index contributed by atoms with van der Waals surface area (Å²) in [7, 11) is 3.12. The van der Waals surface area contributed by atoms with E-state index < -0.39 is 5.82 Å². The Morgan fingerprint density at radius 3 is 2.36 bits per heavy atom. The summed E-state index contributed by atoms with van der Waals surface area (Å²) >= 11 is 8.40. The molecule has 0 fully saturated rings. The van der Waals surface area contributed by atoms with Crippen molar-refractivity contribution in [2.45, 2.75) is 0 Å². The monoisotopic (exact) mass is 384 g/mol. The molecular weight excluding hydrogens is 371 g/mol. The molecule has 2 aromatic rings. The van der Waals surface area contributed by atoms with Gasteiger partial charge in [-0.25, -0.2) is 4.39 Å². The first-order chi connectivity index (χ1) is 10.5. The zero-order valence-electron chi connectivity index (χ0n) is 11.9. The Bertz CT molecular complexity index is 697. The third-order valence-corrected chi connectivity index (χ3v) is 3.53. The lowest BCUT2D eigenvalue weighted by Gasteiger charge is -2.14. The first-order valence-electron chi connectivity index (χ1n) is 6.28. The number of halogens is 2. The Labute approximate surface area is 141 Å². The molecular formula is C15H14BrFN2O2S. The Balaban J connectivity index is 2.12. The number of methoxy groups -OCH3 is 2. The quantitative estimate of drug-likeness (QED) is 0.763. The summed E-state index contributed by atoms with van der Waals surface area (Å²) in [6, 6.07) is 9.95. The highest BCUT2D eigenvalue weighted by atomic mass is 79.9. The van der Waals surface area contributed by atoms with Crippen LogP contribution in [0, 0.1) is 5.82 Å². The van der Waals surface area contributed by atoms with Crippen LogP contribution >= 0.6 is 28.1 Å². The molecule has 0 bridgehead atoms. The molecule has 22 heavy (non-hydrogen) atoms. The molecule has 0 amide bonds. The molecule has 0 spiro atoms. The molecule has 0 atom stereocenters. The number of hydrogen-bond acceptors (Lipinski definition) is 3. The largest absolute Gasteiger partial charge is 0.497 e. The van der Waals surface area contributed by atoms with Crippen LogP contribution in [0.2, 0.25) is 0 Å². The molecule has 0 unspecified atom stereocenters. The highest BCUT2D eigenvalue weighted by molar-refractivity contribution is 9.10. The van der Waals surface area contributed by atoms with Gasteiger partial charge >= 0.3 is 0 Å². The lowest BCUT2D eigenvalue weighted by atomic mass is 10.2. The molecule has 0 aliphatic carbocycles. The first-order valence-corrected chi connectivity index (χ1v) is 7.48. The standard InChI is InChI=1S/C15H14BrFN2O2S/c1-20-10-4-6-13(14(8-10)21-2)19-15(22)18-12-5-3-9(16)7-11(12)17/h3-8H,1-2H3,(H2,18,19,22). The molecule has 0 heterocycles. The summed E-state index contributed by atoms with van der Waals surface area (Å²) in [5.74, 6) is 0.834. The van der Waals surface area contributed by atoms with Gasteiger partial charge in [-0.05, 0) is 42.5 Å². The molecule has 0 saturated carbocycles. The highest BCUT2D eigenvalue weighted by Gasteiger charge is 2.09. The second-order valence-corrected chi connectivity index (χ2v) is 5.59. The van der Waals surface area contributed by atoms with E-state index in [9.17, 15) is 4.39 Å². The molecule has 0 aliphatic rings. The molecule has 116 valence electrons. The molecule has 4 nitrogen and oxygen atoms in total. The summed E-state index contributed by atoms with van der Waals surface area (Å²) in [4.78, 5) is 0. The van der Waals surface area contributed by atoms with Gasteiger partial charge in [-0.15, -0.1) is 0 Å². The summed E-state index contributed by atoms with van der Waals surface area (Å²) < 4.78 is 24.8. The van der Waals surface area contributed by atoms with Gasteiger partial charge in [0, 0.05) is 10.5 Å². The van der Waals surface area contributed by atoms with Crippen molar-refractivity contribution in [1.29, 1.82) is 0 Å². The van der Waals surface area contributed by atoms with E-state index in [4.69, 9.17) is 21.7 Å². The van der Waals surface area contributed by atoms with Crippen molar-refractivity contribution in [3.8, 4) is 11.5 Å². The minimum atomic E-state index is -0.403. The maximum absolute atomic E-state index is 13.8. The normalized spacial score (nSPS) is 10.0. The average Bonchev–Trinajstić information content (AvgIpc) is 2.50. The van der Waals surface area contributed by atoms with Gasteiger partial charge in [-0.1, -0.05) is 15.9 Å². The predicted molar refractivity (Wildman–Crippen MR) is 93.5 cm³/mol. The van der Waals surface area contributed by atoms with Gasteiger partial charge in [0.25, 0.3) is 0 Å². The minimum absolute atomic E-state index is 0.254. The van der Waals surface area contributed by atoms with E-state index in [2.05, 4.69) is 26.6 Å². The van der Waals surface area contributed by atoms with Crippen molar-refractivity contribution in [3.63, 3.8) is 0 Å². The number of anilines is 2. The van der Waals surface area contributed by atoms with Crippen molar-refractivity contribution in [2.24, 2.45) is 0 Å². The fourth-order valence-electron chi connectivity index (χ4n) is 1.77. The van der Waals surface area contributed by atoms with E-state index in [0.29, 0.717) is 21.7 Å². The second-order valence-electron chi connectivity index (χ2n) is 4.27. The Kier molecular flexibility index (Phi) is 5.57. The molecule has 2 rings (SSSR count). The van der Waals surface area contributed by atoms with Gasteiger partial charge < -0.3 is 20.1 Å². The molecule has 2 aromatic carbocycles. The van der Waals surface area contributed by atoms with Gasteiger partial charge in [0.2, 0.25) is 0 Å². The zero-order chi connectivity index (χ0) is 16.1. The van der Waals surface area contributed by atoms with Crippen LogP contribution < -0.4 is 20.1 Å². The van der Waals surface area contributed by atoms with Crippen LogP contribution in [0.4, 0.5) is 15.8 Å². The second kappa shape index (κ2) is 7.42. The summed E-state index contributed by atoms with van der Waals surface area (Å²) in [5.41, 5.74) is 0.937. The number of hydrogen-bond donors (Lipinski definition) is 2. The van der Waals surface area contributed by atoms with Crippen LogP contribution in [0.5, 0.6) is 11.5 Å². The maximum Gasteiger partial charge on any atom is 0.175 e. The van der Waals surface area contributed by atoms with Gasteiger partial charge in [-0.2, -0.15) is 0 Å². The third kappa shape index (κ3) is 4.08. The Hall–Kier alpha value is -1.86. The van der Waals surface area contributed by atoms with Crippen LogP contribution in [-0.4, -0.2) is 19.3 Å². The molecule has 0 aromatic heterocycles. The van der Waals surface area contributed by atoms with Crippen molar-refractivity contribution < 1.29 is 13.9 Å². The van der Waals surface area contributed by atoms with Crippen LogP contribution in [0.15, 0.2) is 40.9 Å². The van der Waals surface area contributed by atoms with Crippen LogP contribution in [0.25, 0.3) is 0 Å².